The molecule has 1 rings (SSSR count). The first kappa shape index (κ1) is 6.16. The van der Waals surface area contributed by atoms with Crippen molar-refractivity contribution in [1.82, 2.24) is 0 Å². The first-order valence-electron chi connectivity index (χ1n) is 1.76. The van der Waals surface area contributed by atoms with Crippen LogP contribution in [0.25, 0.3) is 0 Å². The molecular weight excluding hydrogens is 285 g/mol. The summed E-state index contributed by atoms with van der Waals surface area (Å²) in [5.74, 6) is 0. The average molecular weight is 289 g/mol. The molecule has 0 radical (unpaired) electrons. The van der Waals surface area contributed by atoms with Crippen LogP contribution in [0.5, 0.6) is 0 Å². The molecule has 0 nitrogen and oxygen atoms in total. The van der Waals surface area contributed by atoms with Crippen molar-refractivity contribution >= 4 is 54.3 Å². The van der Waals surface area contributed by atoms with Gasteiger partial charge in [-0.1, -0.05) is 0 Å². The fourth-order valence-corrected chi connectivity index (χ4v) is 3.43. The normalized spacial score (nSPS) is 9.43. The van der Waals surface area contributed by atoms with Gasteiger partial charge < -0.3 is 0 Å². The van der Waals surface area contributed by atoms with Gasteiger partial charge in [0, 0.05) is 0 Å². The van der Waals surface area contributed by atoms with Crippen molar-refractivity contribution in [3.8, 4) is 0 Å². The van der Waals surface area contributed by atoms with Crippen LogP contribution in [0.2, 0.25) is 0 Å². The Morgan fingerprint density at radius 1 is 1.43 bits per heavy atom. The molecule has 0 amide bonds. The third kappa shape index (κ3) is 1.47. The molecule has 7 heavy (non-hydrogen) atoms. The second-order valence-corrected chi connectivity index (χ2v) is 6.46. The van der Waals surface area contributed by atoms with Gasteiger partial charge in [0.15, 0.2) is 0 Å². The predicted octanol–water partition coefficient (Wildman–Crippen LogP) is -2.20. The zero-order valence-corrected chi connectivity index (χ0v) is 8.92. The molecule has 0 bridgehead atoms. The molecule has 0 spiro atoms. The van der Waals surface area contributed by atoms with E-state index >= 15 is 0 Å². The Kier molecular flexibility index (Phi) is 2.24. The van der Waals surface area contributed by atoms with Gasteiger partial charge in [-0.05, 0) is 0 Å². The fourth-order valence-electron chi connectivity index (χ4n) is 0.295. The standard InChI is InChI=1S/C4H4Se3/c5-3-1-2-7-4(3)6/h1-2,5-6H. The average Bonchev–Trinajstić information content (AvgIpc) is 1.91. The van der Waals surface area contributed by atoms with E-state index in [0.717, 1.165) is 0 Å². The molecule has 1 aromatic heterocycles. The van der Waals surface area contributed by atoms with Crippen LogP contribution in [0.3, 0.4) is 0 Å². The molecule has 0 aliphatic carbocycles. The summed E-state index contributed by atoms with van der Waals surface area (Å²) in [6, 6.07) is 2.16. The minimum atomic E-state index is 0.655. The van der Waals surface area contributed by atoms with Crippen molar-refractivity contribution in [2.24, 2.45) is 0 Å². The van der Waals surface area contributed by atoms with Crippen molar-refractivity contribution in [1.29, 1.82) is 0 Å². The summed E-state index contributed by atoms with van der Waals surface area (Å²) in [6.07, 6.45) is 0. The van der Waals surface area contributed by atoms with E-state index in [9.17, 15) is 0 Å². The number of rotatable bonds is 0. The summed E-state index contributed by atoms with van der Waals surface area (Å²) in [5, 5.41) is 0. The van der Waals surface area contributed by atoms with Crippen molar-refractivity contribution < 1.29 is 0 Å². The Morgan fingerprint density at radius 2 is 2.14 bits per heavy atom. The molecule has 0 saturated carbocycles. The van der Waals surface area contributed by atoms with Crippen molar-refractivity contribution in [3.05, 3.63) is 11.0 Å². The Morgan fingerprint density at radius 3 is 2.29 bits per heavy atom. The van der Waals surface area contributed by atoms with E-state index in [1.54, 1.807) is 0 Å². The van der Waals surface area contributed by atoms with E-state index in [0.29, 0.717) is 14.5 Å². The second-order valence-electron chi connectivity index (χ2n) is 1.11. The molecule has 1 aromatic rings. The van der Waals surface area contributed by atoms with E-state index < -0.39 is 0 Å². The van der Waals surface area contributed by atoms with Gasteiger partial charge in [0.2, 0.25) is 0 Å². The third-order valence-corrected chi connectivity index (χ3v) is 6.13. The van der Waals surface area contributed by atoms with Crippen molar-refractivity contribution in [2.75, 3.05) is 0 Å². The van der Waals surface area contributed by atoms with Gasteiger partial charge >= 0.3 is 65.3 Å². The van der Waals surface area contributed by atoms with E-state index in [4.69, 9.17) is 0 Å². The molecule has 0 aromatic carbocycles. The van der Waals surface area contributed by atoms with Gasteiger partial charge in [-0.25, -0.2) is 0 Å². The molecule has 0 fully saturated rings. The van der Waals surface area contributed by atoms with E-state index in [1.807, 2.05) is 0 Å². The van der Waals surface area contributed by atoms with Crippen LogP contribution in [0.15, 0.2) is 11.0 Å². The molecule has 3 heteroatoms. The van der Waals surface area contributed by atoms with Crippen LogP contribution in [-0.2, 0) is 0 Å². The molecule has 0 aliphatic rings. The monoisotopic (exact) mass is 292 g/mol. The molecule has 38 valence electrons. The number of hydrogen-bond donors (Lipinski definition) is 0. The Hall–Kier alpha value is 1.04. The zero-order valence-electron chi connectivity index (χ0n) is 3.46. The van der Waals surface area contributed by atoms with Crippen LogP contribution < -0.4 is 7.80 Å². The van der Waals surface area contributed by atoms with Gasteiger partial charge in [0.25, 0.3) is 0 Å². The molecule has 1 heterocycles. The second kappa shape index (κ2) is 2.55. The van der Waals surface area contributed by atoms with E-state index in [2.05, 4.69) is 43.0 Å². The molecule has 0 unspecified atom stereocenters. The van der Waals surface area contributed by atoms with Crippen LogP contribution in [0.4, 0.5) is 0 Å². The van der Waals surface area contributed by atoms with Crippen molar-refractivity contribution in [2.45, 2.75) is 0 Å². The molecule has 0 aliphatic heterocycles. The van der Waals surface area contributed by atoms with Gasteiger partial charge in [-0.2, -0.15) is 0 Å². The quantitative estimate of drug-likeness (QED) is 0.475. The van der Waals surface area contributed by atoms with Gasteiger partial charge in [-0.3, -0.25) is 0 Å². The van der Waals surface area contributed by atoms with Crippen LogP contribution >= 0.6 is 0 Å². The summed E-state index contributed by atoms with van der Waals surface area (Å²) < 4.78 is 2.87. The number of hydrogen-bond acceptors (Lipinski definition) is 0. The van der Waals surface area contributed by atoms with E-state index in [1.165, 1.54) is 7.80 Å². The van der Waals surface area contributed by atoms with E-state index in [-0.39, 0.29) is 0 Å². The first-order valence-corrected chi connectivity index (χ1v) is 5.48. The van der Waals surface area contributed by atoms with Crippen molar-refractivity contribution in [3.63, 3.8) is 0 Å². The van der Waals surface area contributed by atoms with Crippen LogP contribution in [0, 0.1) is 0 Å². The van der Waals surface area contributed by atoms with Crippen LogP contribution in [-0.4, -0.2) is 46.5 Å². The van der Waals surface area contributed by atoms with Gasteiger partial charge in [-0.15, -0.1) is 0 Å². The SMILES string of the molecule is [SeH]c1cc[se]c1[SeH]. The Labute approximate surface area is 65.1 Å². The predicted molar refractivity (Wildman–Crippen MR) is 36.9 cm³/mol. The summed E-state index contributed by atoms with van der Waals surface area (Å²) >= 11 is 5.82. The Bertz CT molecular complexity index is 139. The minimum absolute atomic E-state index is 0.655. The Balaban J connectivity index is 3.12. The summed E-state index contributed by atoms with van der Waals surface area (Å²) in [4.78, 5) is 2.23. The topological polar surface area (TPSA) is 0 Å². The maximum atomic E-state index is 2.60. The van der Waals surface area contributed by atoms with Gasteiger partial charge in [0.1, 0.15) is 0 Å². The summed E-state index contributed by atoms with van der Waals surface area (Å²) in [6.45, 7) is 0. The first-order chi connectivity index (χ1) is 3.30. The molecular formula is C4H4Se3. The third-order valence-electron chi connectivity index (χ3n) is 0.625. The zero-order chi connectivity index (χ0) is 5.28. The molecule has 0 atom stereocenters. The molecule has 0 N–H and O–H groups in total. The van der Waals surface area contributed by atoms with Crippen LogP contribution in [0.1, 0.15) is 0 Å². The molecule has 0 saturated heterocycles. The fraction of sp³-hybridized carbons (Fsp3) is 0. The maximum absolute atomic E-state index is 2.60. The van der Waals surface area contributed by atoms with Gasteiger partial charge in [0.05, 0.1) is 0 Å². The summed E-state index contributed by atoms with van der Waals surface area (Å²) in [7, 11) is 0. The summed E-state index contributed by atoms with van der Waals surface area (Å²) in [5.41, 5.74) is 0.